The maximum absolute atomic E-state index is 13.0. The van der Waals surface area contributed by atoms with Crippen LogP contribution in [0, 0.1) is 0 Å². The number of thioether (sulfide) groups is 1. The van der Waals surface area contributed by atoms with Crippen molar-refractivity contribution in [2.24, 2.45) is 0 Å². The Morgan fingerprint density at radius 3 is 2.38 bits per heavy atom. The lowest BCUT2D eigenvalue weighted by Gasteiger charge is -2.26. The van der Waals surface area contributed by atoms with E-state index in [-0.39, 0.29) is 16.0 Å². The van der Waals surface area contributed by atoms with E-state index in [1.807, 2.05) is 37.3 Å². The maximum Gasteiger partial charge on any atom is 0.277 e. The van der Waals surface area contributed by atoms with Gasteiger partial charge in [-0.15, -0.1) is 20.4 Å². The van der Waals surface area contributed by atoms with Crippen LogP contribution in [0.3, 0.4) is 0 Å². The molecular weight excluding hydrogens is 478 g/mol. The molecule has 1 saturated heterocycles. The maximum atomic E-state index is 13.0. The smallest absolute Gasteiger partial charge is 0.277 e. The van der Waals surface area contributed by atoms with E-state index in [0.29, 0.717) is 48.9 Å². The van der Waals surface area contributed by atoms with Gasteiger partial charge in [0.05, 0.1) is 23.4 Å². The van der Waals surface area contributed by atoms with Crippen LogP contribution in [0.2, 0.25) is 0 Å². The Labute approximate surface area is 200 Å². The molecular formula is C22H21N5O5S2. The van der Waals surface area contributed by atoms with Crippen LogP contribution in [0.4, 0.5) is 0 Å². The van der Waals surface area contributed by atoms with Crippen molar-refractivity contribution in [3.63, 3.8) is 0 Å². The number of benzene rings is 2. The lowest BCUT2D eigenvalue weighted by atomic mass is 10.2. The zero-order valence-electron chi connectivity index (χ0n) is 18.2. The van der Waals surface area contributed by atoms with Crippen molar-refractivity contribution in [3.05, 3.63) is 60.5 Å². The Morgan fingerprint density at radius 1 is 0.882 bits per heavy atom. The average Bonchev–Trinajstić information content (AvgIpc) is 3.56. The lowest BCUT2D eigenvalue weighted by Crippen LogP contribution is -2.40. The standard InChI is InChI=1S/C22H21N5O5S2/c1-15(19-23-24-20(31-19)16-6-3-2-4-7-16)33-22-26-25-21(32-22)17-8-5-9-18(14-17)34(28,29)27-10-12-30-13-11-27/h2-9,14-15H,10-13H2,1H3. The molecule has 1 aliphatic rings. The highest BCUT2D eigenvalue weighted by atomic mass is 32.2. The first-order valence-electron chi connectivity index (χ1n) is 10.6. The monoisotopic (exact) mass is 499 g/mol. The summed E-state index contributed by atoms with van der Waals surface area (Å²) in [6.07, 6.45) is 0. The molecule has 0 aliphatic carbocycles. The van der Waals surface area contributed by atoms with Crippen LogP contribution in [-0.4, -0.2) is 59.4 Å². The zero-order chi connectivity index (χ0) is 23.5. The van der Waals surface area contributed by atoms with Gasteiger partial charge in [0.15, 0.2) is 0 Å². The molecule has 176 valence electrons. The number of hydrogen-bond donors (Lipinski definition) is 0. The van der Waals surface area contributed by atoms with Crippen LogP contribution in [0.15, 0.2) is 73.5 Å². The second-order valence-corrected chi connectivity index (χ2v) is 10.7. The Bertz CT molecular complexity index is 1370. The molecule has 0 saturated carbocycles. The van der Waals surface area contributed by atoms with Gasteiger partial charge in [-0.05, 0) is 37.3 Å². The summed E-state index contributed by atoms with van der Waals surface area (Å²) in [6.45, 7) is 3.32. The Balaban J connectivity index is 1.31. The SMILES string of the molecule is CC(Sc1nnc(-c2cccc(S(=O)(=O)N3CCOCC3)c2)o1)c1nnc(-c2ccccc2)o1. The first-order chi connectivity index (χ1) is 16.5. The molecule has 1 fully saturated rings. The average molecular weight is 500 g/mol. The van der Waals surface area contributed by atoms with E-state index in [2.05, 4.69) is 20.4 Å². The van der Waals surface area contributed by atoms with Gasteiger partial charge in [0, 0.05) is 24.2 Å². The van der Waals surface area contributed by atoms with E-state index in [0.717, 1.165) is 5.56 Å². The fraction of sp³-hybridized carbons (Fsp3) is 0.273. The number of hydrogen-bond acceptors (Lipinski definition) is 10. The Morgan fingerprint density at radius 2 is 1.59 bits per heavy atom. The van der Waals surface area contributed by atoms with Gasteiger partial charge in [0.25, 0.3) is 5.22 Å². The number of aromatic nitrogens is 4. The summed E-state index contributed by atoms with van der Waals surface area (Å²) in [4.78, 5) is 0.173. The first kappa shape index (κ1) is 22.7. The molecule has 0 spiro atoms. The summed E-state index contributed by atoms with van der Waals surface area (Å²) in [5.74, 6) is 1.10. The van der Waals surface area contributed by atoms with Gasteiger partial charge in [-0.2, -0.15) is 4.31 Å². The number of ether oxygens (including phenoxy) is 1. The molecule has 0 radical (unpaired) electrons. The molecule has 3 heterocycles. The van der Waals surface area contributed by atoms with Crippen molar-refractivity contribution in [2.75, 3.05) is 26.3 Å². The molecule has 1 unspecified atom stereocenters. The molecule has 2 aromatic heterocycles. The highest BCUT2D eigenvalue weighted by Gasteiger charge is 2.27. The highest BCUT2D eigenvalue weighted by molar-refractivity contribution is 7.99. The highest BCUT2D eigenvalue weighted by Crippen LogP contribution is 2.35. The van der Waals surface area contributed by atoms with Gasteiger partial charge >= 0.3 is 0 Å². The predicted molar refractivity (Wildman–Crippen MR) is 123 cm³/mol. The third-order valence-electron chi connectivity index (χ3n) is 5.18. The quantitative estimate of drug-likeness (QED) is 0.348. The van der Waals surface area contributed by atoms with Gasteiger partial charge in [-0.25, -0.2) is 8.42 Å². The lowest BCUT2D eigenvalue weighted by molar-refractivity contribution is 0.0730. The fourth-order valence-electron chi connectivity index (χ4n) is 3.40. The number of rotatable bonds is 7. The molecule has 1 aliphatic heterocycles. The minimum atomic E-state index is -3.63. The van der Waals surface area contributed by atoms with E-state index in [1.54, 1.807) is 24.3 Å². The Kier molecular flexibility index (Phi) is 6.46. The van der Waals surface area contributed by atoms with E-state index in [4.69, 9.17) is 13.6 Å². The molecule has 2 aromatic carbocycles. The van der Waals surface area contributed by atoms with Gasteiger partial charge in [-0.3, -0.25) is 0 Å². The Hall–Kier alpha value is -3.06. The van der Waals surface area contributed by atoms with Crippen LogP contribution in [-0.2, 0) is 14.8 Å². The molecule has 34 heavy (non-hydrogen) atoms. The summed E-state index contributed by atoms with van der Waals surface area (Å²) in [7, 11) is -3.63. The minimum absolute atomic E-state index is 0.173. The summed E-state index contributed by atoms with van der Waals surface area (Å²) >= 11 is 1.28. The summed E-state index contributed by atoms with van der Waals surface area (Å²) in [5, 5.41) is 16.5. The molecule has 0 bridgehead atoms. The van der Waals surface area contributed by atoms with E-state index in [9.17, 15) is 8.42 Å². The summed E-state index contributed by atoms with van der Waals surface area (Å²) in [5.41, 5.74) is 1.36. The van der Waals surface area contributed by atoms with Crippen molar-refractivity contribution in [1.29, 1.82) is 0 Å². The molecule has 1 atom stereocenters. The second-order valence-electron chi connectivity index (χ2n) is 7.49. The van der Waals surface area contributed by atoms with Crippen molar-refractivity contribution in [3.8, 4) is 22.9 Å². The molecule has 10 nitrogen and oxygen atoms in total. The van der Waals surface area contributed by atoms with Crippen LogP contribution in [0.25, 0.3) is 22.9 Å². The minimum Gasteiger partial charge on any atom is -0.419 e. The summed E-state index contributed by atoms with van der Waals surface area (Å²) < 4.78 is 44.2. The van der Waals surface area contributed by atoms with Crippen molar-refractivity contribution in [2.45, 2.75) is 22.3 Å². The molecule has 12 heteroatoms. The van der Waals surface area contributed by atoms with E-state index < -0.39 is 10.0 Å². The second kappa shape index (κ2) is 9.66. The third kappa shape index (κ3) is 4.75. The van der Waals surface area contributed by atoms with Crippen LogP contribution in [0.1, 0.15) is 18.1 Å². The van der Waals surface area contributed by atoms with Crippen LogP contribution < -0.4 is 0 Å². The van der Waals surface area contributed by atoms with E-state index >= 15 is 0 Å². The first-order valence-corrected chi connectivity index (χ1v) is 12.9. The topological polar surface area (TPSA) is 124 Å². The molecule has 4 aromatic rings. The zero-order valence-corrected chi connectivity index (χ0v) is 19.8. The number of morpholine rings is 1. The van der Waals surface area contributed by atoms with Gasteiger partial charge in [0.2, 0.25) is 27.7 Å². The normalized spacial score (nSPS) is 15.9. The van der Waals surface area contributed by atoms with Crippen molar-refractivity contribution < 1.29 is 22.0 Å². The largest absolute Gasteiger partial charge is 0.419 e. The fourth-order valence-corrected chi connectivity index (χ4v) is 5.57. The van der Waals surface area contributed by atoms with Crippen molar-refractivity contribution >= 4 is 21.8 Å². The van der Waals surface area contributed by atoms with Gasteiger partial charge in [-0.1, -0.05) is 36.0 Å². The number of nitrogens with zero attached hydrogens (tertiary/aromatic N) is 5. The van der Waals surface area contributed by atoms with Crippen LogP contribution in [0.5, 0.6) is 0 Å². The molecule has 0 amide bonds. The van der Waals surface area contributed by atoms with Gasteiger partial charge < -0.3 is 13.6 Å². The summed E-state index contributed by atoms with van der Waals surface area (Å²) in [6, 6.07) is 16.0. The van der Waals surface area contributed by atoms with Gasteiger partial charge in [0.1, 0.15) is 0 Å². The molecule has 5 rings (SSSR count). The molecule has 0 N–H and O–H groups in total. The predicted octanol–water partition coefficient (Wildman–Crippen LogP) is 3.66. The van der Waals surface area contributed by atoms with Crippen LogP contribution >= 0.6 is 11.8 Å². The number of sulfonamides is 1. The third-order valence-corrected chi connectivity index (χ3v) is 8.00. The van der Waals surface area contributed by atoms with Crippen molar-refractivity contribution in [1.82, 2.24) is 24.7 Å². The van der Waals surface area contributed by atoms with E-state index in [1.165, 1.54) is 16.1 Å².